The van der Waals surface area contributed by atoms with E-state index >= 15 is 0 Å². The van der Waals surface area contributed by atoms with E-state index in [-0.39, 0.29) is 36.6 Å². The van der Waals surface area contributed by atoms with E-state index in [9.17, 15) is 14.0 Å². The topological polar surface area (TPSA) is 49.4 Å². The Hall–Kier alpha value is -2.69. The van der Waals surface area contributed by atoms with Gasteiger partial charge < -0.3 is 10.2 Å². The van der Waals surface area contributed by atoms with Crippen molar-refractivity contribution in [3.8, 4) is 0 Å². The van der Waals surface area contributed by atoms with E-state index in [1.807, 2.05) is 30.3 Å². The highest BCUT2D eigenvalue weighted by Gasteiger charge is 2.28. The van der Waals surface area contributed by atoms with Crippen molar-refractivity contribution in [3.63, 3.8) is 0 Å². The van der Waals surface area contributed by atoms with Gasteiger partial charge in [-0.1, -0.05) is 61.7 Å². The fraction of sp³-hybridized carbons (Fsp3) is 0.417. The van der Waals surface area contributed by atoms with E-state index in [0.717, 1.165) is 36.8 Å². The van der Waals surface area contributed by atoms with E-state index in [4.69, 9.17) is 0 Å². The van der Waals surface area contributed by atoms with Crippen LogP contribution in [0.2, 0.25) is 0 Å². The average Bonchev–Trinajstić information content (AvgIpc) is 2.74. The van der Waals surface area contributed by atoms with Gasteiger partial charge in [0.25, 0.3) is 0 Å². The van der Waals surface area contributed by atoms with Gasteiger partial charge in [-0.25, -0.2) is 4.39 Å². The lowest BCUT2D eigenvalue weighted by molar-refractivity contribution is -0.140. The highest BCUT2D eigenvalue weighted by molar-refractivity contribution is 5.88. The summed E-state index contributed by atoms with van der Waals surface area (Å²) < 4.78 is 13.3. The normalized spacial score (nSPS) is 15.5. The molecular formula is C24H29FN2O2. The van der Waals surface area contributed by atoms with Crippen LogP contribution in [0.15, 0.2) is 54.6 Å². The lowest BCUT2D eigenvalue weighted by Crippen LogP contribution is -2.50. The second-order valence-electron chi connectivity index (χ2n) is 7.83. The van der Waals surface area contributed by atoms with E-state index < -0.39 is 6.04 Å². The third-order valence-electron chi connectivity index (χ3n) is 5.58. The minimum absolute atomic E-state index is 0.119. The van der Waals surface area contributed by atoms with Gasteiger partial charge >= 0.3 is 0 Å². The number of carbonyl (C=O) groups excluding carboxylic acids is 2. The second-order valence-corrected chi connectivity index (χ2v) is 7.83. The molecule has 1 atom stereocenters. The molecule has 29 heavy (non-hydrogen) atoms. The Kier molecular flexibility index (Phi) is 7.39. The monoisotopic (exact) mass is 396 g/mol. The van der Waals surface area contributed by atoms with Crippen LogP contribution in [0.4, 0.5) is 4.39 Å². The summed E-state index contributed by atoms with van der Waals surface area (Å²) >= 11 is 0. The molecule has 1 fully saturated rings. The number of benzene rings is 2. The highest BCUT2D eigenvalue weighted by atomic mass is 19.1. The van der Waals surface area contributed by atoms with Crippen LogP contribution in [0.5, 0.6) is 0 Å². The van der Waals surface area contributed by atoms with Crippen LogP contribution >= 0.6 is 0 Å². The molecule has 2 aromatic rings. The van der Waals surface area contributed by atoms with Crippen molar-refractivity contribution < 1.29 is 14.0 Å². The molecule has 3 rings (SSSR count). The Morgan fingerprint density at radius 2 is 1.66 bits per heavy atom. The van der Waals surface area contributed by atoms with E-state index in [1.165, 1.54) is 18.6 Å². The predicted molar refractivity (Wildman–Crippen MR) is 112 cm³/mol. The number of nitrogens with zero attached hydrogens (tertiary/aromatic N) is 1. The third kappa shape index (κ3) is 6.14. The maximum absolute atomic E-state index is 13.3. The Balaban J connectivity index is 1.73. The van der Waals surface area contributed by atoms with E-state index in [1.54, 1.807) is 24.0 Å². The van der Waals surface area contributed by atoms with Crippen LogP contribution in [-0.2, 0) is 22.6 Å². The predicted octanol–water partition coefficient (Wildman–Crippen LogP) is 4.23. The quantitative estimate of drug-likeness (QED) is 0.761. The fourth-order valence-electron chi connectivity index (χ4n) is 3.81. The molecule has 0 heterocycles. The molecule has 0 spiro atoms. The van der Waals surface area contributed by atoms with Gasteiger partial charge in [0.2, 0.25) is 11.8 Å². The summed E-state index contributed by atoms with van der Waals surface area (Å²) in [7, 11) is 0. The van der Waals surface area contributed by atoms with Crippen molar-refractivity contribution in [1.29, 1.82) is 0 Å². The number of rotatable bonds is 7. The first kappa shape index (κ1) is 21.0. The van der Waals surface area contributed by atoms with Gasteiger partial charge in [0.15, 0.2) is 0 Å². The molecule has 0 aliphatic heterocycles. The van der Waals surface area contributed by atoms with Crippen molar-refractivity contribution in [1.82, 2.24) is 10.2 Å². The summed E-state index contributed by atoms with van der Waals surface area (Å²) in [5.74, 6) is -0.564. The summed E-state index contributed by atoms with van der Waals surface area (Å²) in [5, 5.41) is 3.12. The Bertz CT molecular complexity index is 801. The zero-order valence-electron chi connectivity index (χ0n) is 16.9. The minimum atomic E-state index is -0.599. The minimum Gasteiger partial charge on any atom is -0.352 e. The highest BCUT2D eigenvalue weighted by Crippen LogP contribution is 2.18. The number of carbonyl (C=O) groups is 2. The zero-order valence-corrected chi connectivity index (χ0v) is 16.9. The molecular weight excluding hydrogens is 367 g/mol. The van der Waals surface area contributed by atoms with Crippen LogP contribution in [0.25, 0.3) is 0 Å². The van der Waals surface area contributed by atoms with Gasteiger partial charge in [-0.05, 0) is 43.0 Å². The lowest BCUT2D eigenvalue weighted by Gasteiger charge is -2.31. The van der Waals surface area contributed by atoms with Gasteiger partial charge in [-0.15, -0.1) is 0 Å². The van der Waals surface area contributed by atoms with Gasteiger partial charge in [-0.3, -0.25) is 9.59 Å². The Labute approximate surface area is 172 Å². The molecule has 1 saturated carbocycles. The average molecular weight is 397 g/mol. The molecule has 0 aromatic heterocycles. The number of nitrogens with one attached hydrogen (secondary N) is 1. The van der Waals surface area contributed by atoms with Crippen LogP contribution in [0.1, 0.15) is 50.2 Å². The van der Waals surface area contributed by atoms with Gasteiger partial charge in [-0.2, -0.15) is 0 Å². The van der Waals surface area contributed by atoms with E-state index in [2.05, 4.69) is 5.32 Å². The molecule has 1 aliphatic rings. The molecule has 1 aliphatic carbocycles. The summed E-state index contributed by atoms with van der Waals surface area (Å²) in [6, 6.07) is 15.2. The molecule has 0 saturated heterocycles. The molecule has 5 heteroatoms. The lowest BCUT2D eigenvalue weighted by atomic mass is 9.95. The molecule has 154 valence electrons. The first-order chi connectivity index (χ1) is 14.0. The largest absolute Gasteiger partial charge is 0.352 e. The van der Waals surface area contributed by atoms with Crippen LogP contribution in [-0.4, -0.2) is 28.8 Å². The Morgan fingerprint density at radius 3 is 2.31 bits per heavy atom. The fourth-order valence-corrected chi connectivity index (χ4v) is 3.81. The molecule has 0 radical (unpaired) electrons. The van der Waals surface area contributed by atoms with Crippen LogP contribution < -0.4 is 5.32 Å². The van der Waals surface area contributed by atoms with Gasteiger partial charge in [0, 0.05) is 12.6 Å². The zero-order chi connectivity index (χ0) is 20.6. The summed E-state index contributed by atoms with van der Waals surface area (Å²) in [6.07, 6.45) is 5.69. The first-order valence-electron chi connectivity index (χ1n) is 10.4. The second kappa shape index (κ2) is 10.2. The number of hydrogen-bond donors (Lipinski definition) is 1. The van der Waals surface area contributed by atoms with Crippen LogP contribution in [0.3, 0.4) is 0 Å². The summed E-state index contributed by atoms with van der Waals surface area (Å²) in [6.45, 7) is 2.04. The smallest absolute Gasteiger partial charge is 0.242 e. The number of hydrogen-bond acceptors (Lipinski definition) is 2. The van der Waals surface area contributed by atoms with Crippen molar-refractivity contribution >= 4 is 11.8 Å². The molecule has 4 nitrogen and oxygen atoms in total. The number of amides is 2. The molecule has 0 unspecified atom stereocenters. The Morgan fingerprint density at radius 1 is 1.00 bits per heavy atom. The molecule has 2 aromatic carbocycles. The SMILES string of the molecule is C[C@H](C(=O)NC1CCCCC1)N(Cc1ccc(F)cc1)C(=O)Cc1ccccc1. The maximum Gasteiger partial charge on any atom is 0.242 e. The van der Waals surface area contributed by atoms with Gasteiger partial charge in [0.05, 0.1) is 6.42 Å². The summed E-state index contributed by atoms with van der Waals surface area (Å²) in [5.41, 5.74) is 1.70. The maximum atomic E-state index is 13.3. The summed E-state index contributed by atoms with van der Waals surface area (Å²) in [4.78, 5) is 27.6. The molecule has 1 N–H and O–H groups in total. The van der Waals surface area contributed by atoms with Crippen LogP contribution in [0, 0.1) is 5.82 Å². The third-order valence-corrected chi connectivity index (χ3v) is 5.58. The van der Waals surface area contributed by atoms with Crippen molar-refractivity contribution in [3.05, 3.63) is 71.5 Å². The number of halogens is 1. The first-order valence-corrected chi connectivity index (χ1v) is 10.4. The standard InChI is InChI=1S/C24H29FN2O2/c1-18(24(29)26-22-10-6-3-7-11-22)27(17-20-12-14-21(25)15-13-20)23(28)16-19-8-4-2-5-9-19/h2,4-5,8-9,12-15,18,22H,3,6-7,10-11,16-17H2,1H3,(H,26,29)/t18-/m1/s1. The van der Waals surface area contributed by atoms with Crippen molar-refractivity contribution in [2.45, 2.75) is 64.1 Å². The van der Waals surface area contributed by atoms with Crippen molar-refractivity contribution in [2.24, 2.45) is 0 Å². The van der Waals surface area contributed by atoms with Gasteiger partial charge in [0.1, 0.15) is 11.9 Å². The van der Waals surface area contributed by atoms with E-state index in [0.29, 0.717) is 0 Å². The molecule has 0 bridgehead atoms. The molecule has 2 amide bonds. The van der Waals surface area contributed by atoms with Crippen molar-refractivity contribution in [2.75, 3.05) is 0 Å².